The van der Waals surface area contributed by atoms with Crippen LogP contribution in [0.2, 0.25) is 0 Å². The van der Waals surface area contributed by atoms with Gasteiger partial charge in [0.2, 0.25) is 11.5 Å². The minimum Gasteiger partial charge on any atom is -0.444 e. The highest BCUT2D eigenvalue weighted by Gasteiger charge is 2.44. The van der Waals surface area contributed by atoms with E-state index in [1.807, 2.05) is 6.07 Å². The zero-order valence-corrected chi connectivity index (χ0v) is 16.8. The first-order valence-electron chi connectivity index (χ1n) is 8.74. The predicted octanol–water partition coefficient (Wildman–Crippen LogP) is 0.707. The van der Waals surface area contributed by atoms with Crippen molar-refractivity contribution in [3.8, 4) is 6.07 Å². The first-order chi connectivity index (χ1) is 13.0. The van der Waals surface area contributed by atoms with Crippen LogP contribution in [0.1, 0.15) is 47.0 Å². The van der Waals surface area contributed by atoms with E-state index in [2.05, 4.69) is 31.3 Å². The monoisotopic (exact) mass is 393 g/mol. The fraction of sp³-hybridized carbons (Fsp3) is 0.688. The number of tetrazole rings is 1. The number of nitrogens with one attached hydrogen (secondary N) is 4. The lowest BCUT2D eigenvalue weighted by Crippen LogP contribution is -2.59. The van der Waals surface area contributed by atoms with Crippen molar-refractivity contribution < 1.29 is 14.3 Å². The van der Waals surface area contributed by atoms with E-state index in [9.17, 15) is 14.9 Å². The number of amides is 2. The minimum absolute atomic E-state index is 0.0386. The number of amidine groups is 1. The maximum absolute atomic E-state index is 13.0. The van der Waals surface area contributed by atoms with Crippen molar-refractivity contribution in [1.82, 2.24) is 31.3 Å². The average molecular weight is 393 g/mol. The van der Waals surface area contributed by atoms with Crippen molar-refractivity contribution in [1.29, 1.82) is 10.7 Å². The number of unbranched alkanes of at least 4 members (excludes halogenated alkanes) is 1. The van der Waals surface area contributed by atoms with Gasteiger partial charge < -0.3 is 10.1 Å². The molecule has 12 nitrogen and oxygen atoms in total. The summed E-state index contributed by atoms with van der Waals surface area (Å²) in [6.07, 6.45) is 0.209. The smallest absolute Gasteiger partial charge is 0.409 e. The van der Waals surface area contributed by atoms with Crippen molar-refractivity contribution in [2.75, 3.05) is 18.5 Å². The van der Waals surface area contributed by atoms with Crippen LogP contribution < -0.4 is 15.5 Å². The number of nitrogens with zero attached hydrogens (tertiary/aromatic N) is 5. The van der Waals surface area contributed by atoms with Crippen LogP contribution in [0.5, 0.6) is 0 Å². The minimum atomic E-state index is -1.86. The maximum atomic E-state index is 13.0. The first kappa shape index (κ1) is 22.8. The molecule has 1 atom stereocenters. The van der Waals surface area contributed by atoms with E-state index in [1.165, 1.54) is 7.05 Å². The molecule has 0 bridgehead atoms. The van der Waals surface area contributed by atoms with E-state index in [4.69, 9.17) is 10.1 Å². The largest absolute Gasteiger partial charge is 0.444 e. The number of rotatable bonds is 8. The number of anilines is 1. The number of H-pyrrole nitrogens is 1. The van der Waals surface area contributed by atoms with E-state index >= 15 is 0 Å². The molecule has 0 radical (unpaired) electrons. The number of hydrogen-bond acceptors (Lipinski definition) is 8. The molecule has 0 saturated carbocycles. The number of ether oxygens (including phenoxy) is 1. The molecule has 0 aliphatic heterocycles. The van der Waals surface area contributed by atoms with Gasteiger partial charge in [-0.1, -0.05) is 5.10 Å². The summed E-state index contributed by atoms with van der Waals surface area (Å²) in [6.45, 7) is 7.17. The number of alkyl carbamates (subject to hydrolysis) is 1. The Kier molecular flexibility index (Phi) is 7.85. The third kappa shape index (κ3) is 6.82. The lowest BCUT2D eigenvalue weighted by atomic mass is 9.92. The fourth-order valence-corrected chi connectivity index (χ4v) is 2.30. The number of carbonyl (C=O) groups is 2. The molecule has 28 heavy (non-hydrogen) atoms. The molecule has 1 rings (SSSR count). The highest BCUT2D eigenvalue weighted by molar-refractivity contribution is 6.02. The second kappa shape index (κ2) is 9.63. The second-order valence-electron chi connectivity index (χ2n) is 7.24. The quantitative estimate of drug-likeness (QED) is 0.284. The van der Waals surface area contributed by atoms with Gasteiger partial charge in [-0.15, -0.1) is 0 Å². The Balaban J connectivity index is 2.98. The first-order valence-corrected chi connectivity index (χ1v) is 8.74. The third-order valence-corrected chi connectivity index (χ3v) is 3.60. The Morgan fingerprint density at radius 1 is 1.36 bits per heavy atom. The predicted molar refractivity (Wildman–Crippen MR) is 101 cm³/mol. The summed E-state index contributed by atoms with van der Waals surface area (Å²) >= 11 is 0. The van der Waals surface area contributed by atoms with Crippen molar-refractivity contribution in [2.24, 2.45) is 0 Å². The molecule has 2 amide bonds. The molecule has 0 aromatic carbocycles. The Morgan fingerprint density at radius 3 is 2.54 bits per heavy atom. The molecule has 1 aromatic heterocycles. The summed E-state index contributed by atoms with van der Waals surface area (Å²) in [4.78, 5) is 26.4. The van der Waals surface area contributed by atoms with Crippen LogP contribution in [0.3, 0.4) is 0 Å². The molecule has 0 fully saturated rings. The Labute approximate surface area is 163 Å². The van der Waals surface area contributed by atoms with Gasteiger partial charge in [-0.3, -0.25) is 20.4 Å². The lowest BCUT2D eigenvalue weighted by molar-refractivity contribution is -0.123. The van der Waals surface area contributed by atoms with Crippen LogP contribution in [0.25, 0.3) is 0 Å². The molecule has 1 aromatic rings. The van der Waals surface area contributed by atoms with E-state index in [0.717, 1.165) is 4.90 Å². The number of hydrogen-bond donors (Lipinski definition) is 4. The van der Waals surface area contributed by atoms with Gasteiger partial charge in [-0.05, 0) is 57.4 Å². The van der Waals surface area contributed by atoms with Gasteiger partial charge >= 0.3 is 6.09 Å². The van der Waals surface area contributed by atoms with Gasteiger partial charge in [0, 0.05) is 13.6 Å². The molecule has 154 valence electrons. The summed E-state index contributed by atoms with van der Waals surface area (Å²) < 4.78 is 5.21. The van der Waals surface area contributed by atoms with E-state index < -0.39 is 23.1 Å². The summed E-state index contributed by atoms with van der Waals surface area (Å²) in [5.74, 6) is -0.334. The van der Waals surface area contributed by atoms with Gasteiger partial charge in [0.1, 0.15) is 11.7 Å². The van der Waals surface area contributed by atoms with Gasteiger partial charge in [0.15, 0.2) is 0 Å². The standard InChI is InChI=1S/C16H27N9O3/c1-11(18)19-9-7-6-8-16(10-17,20-14(27)28-15(2,3)4)12(26)25(5)13-21-23-24-22-13/h6-9H2,1-5H3,(H2,18,19)(H,20,27)(H,21,22,23,24). The van der Waals surface area contributed by atoms with Gasteiger partial charge in [0.25, 0.3) is 5.91 Å². The number of aromatic nitrogens is 4. The molecule has 0 aliphatic rings. The molecular formula is C16H27N9O3. The Bertz CT molecular complexity index is 721. The second-order valence-corrected chi connectivity index (χ2v) is 7.24. The molecule has 1 heterocycles. The van der Waals surface area contributed by atoms with E-state index in [0.29, 0.717) is 25.2 Å². The zero-order valence-electron chi connectivity index (χ0n) is 16.8. The van der Waals surface area contributed by atoms with Crippen molar-refractivity contribution in [2.45, 2.75) is 58.1 Å². The van der Waals surface area contributed by atoms with E-state index in [-0.39, 0.29) is 12.4 Å². The van der Waals surface area contributed by atoms with Crippen LogP contribution in [-0.2, 0) is 9.53 Å². The summed E-state index contributed by atoms with van der Waals surface area (Å²) in [6, 6.07) is 1.93. The maximum Gasteiger partial charge on any atom is 0.409 e. The van der Waals surface area contributed by atoms with Gasteiger partial charge in [-0.25, -0.2) is 9.89 Å². The van der Waals surface area contributed by atoms with Crippen LogP contribution in [0, 0.1) is 16.7 Å². The van der Waals surface area contributed by atoms with Crippen LogP contribution >= 0.6 is 0 Å². The Morgan fingerprint density at radius 2 is 2.04 bits per heavy atom. The highest BCUT2D eigenvalue weighted by atomic mass is 16.6. The molecule has 4 N–H and O–H groups in total. The van der Waals surface area contributed by atoms with Crippen LogP contribution in [0.15, 0.2) is 0 Å². The van der Waals surface area contributed by atoms with Crippen molar-refractivity contribution in [3.63, 3.8) is 0 Å². The molecule has 1 unspecified atom stereocenters. The fourth-order valence-electron chi connectivity index (χ4n) is 2.30. The molecular weight excluding hydrogens is 366 g/mol. The lowest BCUT2D eigenvalue weighted by Gasteiger charge is -2.31. The molecule has 0 spiro atoms. The number of likely N-dealkylation sites (N-methyl/N-ethyl adjacent to an activating group) is 1. The van der Waals surface area contributed by atoms with Gasteiger partial charge in [0.05, 0.1) is 5.84 Å². The van der Waals surface area contributed by atoms with Crippen LogP contribution in [-0.4, -0.2) is 63.2 Å². The summed E-state index contributed by atoms with van der Waals surface area (Å²) in [5.41, 5.74) is -2.65. The SMILES string of the molecule is CC(=N)NCCCCC(C#N)(NC(=O)OC(C)(C)C)C(=O)N(C)c1nnn[nH]1. The number of aromatic amines is 1. The molecule has 12 heteroatoms. The van der Waals surface area contributed by atoms with Crippen molar-refractivity contribution in [3.05, 3.63) is 0 Å². The number of nitriles is 1. The van der Waals surface area contributed by atoms with Gasteiger partial charge in [-0.2, -0.15) is 5.26 Å². The van der Waals surface area contributed by atoms with E-state index in [1.54, 1.807) is 27.7 Å². The normalized spacial score (nSPS) is 13.0. The summed E-state index contributed by atoms with van der Waals surface area (Å²) in [5, 5.41) is 35.3. The third-order valence-electron chi connectivity index (χ3n) is 3.60. The Hall–Kier alpha value is -3.23. The average Bonchev–Trinajstić information content (AvgIpc) is 3.11. The zero-order chi connectivity index (χ0) is 21.4. The van der Waals surface area contributed by atoms with Crippen LogP contribution in [0.4, 0.5) is 10.7 Å². The highest BCUT2D eigenvalue weighted by Crippen LogP contribution is 2.20. The molecule has 0 aliphatic carbocycles. The van der Waals surface area contributed by atoms with Crippen molar-refractivity contribution >= 4 is 23.8 Å². The summed E-state index contributed by atoms with van der Waals surface area (Å²) in [7, 11) is 1.40. The molecule has 0 saturated heterocycles. The number of carbonyl (C=O) groups excluding carboxylic acids is 2. The topological polar surface area (TPSA) is 173 Å².